The van der Waals surface area contributed by atoms with Crippen molar-refractivity contribution < 1.29 is 13.6 Å². The molecule has 5 rings (SSSR count). The van der Waals surface area contributed by atoms with E-state index < -0.39 is 5.92 Å². The van der Waals surface area contributed by atoms with E-state index in [2.05, 4.69) is 34.3 Å². The van der Waals surface area contributed by atoms with Gasteiger partial charge in [0.05, 0.1) is 0 Å². The number of halogens is 2. The summed E-state index contributed by atoms with van der Waals surface area (Å²) in [5.41, 5.74) is 2.18. The molecule has 0 aromatic carbocycles. The van der Waals surface area contributed by atoms with Crippen molar-refractivity contribution in [3.05, 3.63) is 23.4 Å². The monoisotopic (exact) mass is 419 g/mol. The Bertz CT molecular complexity index is 795. The van der Waals surface area contributed by atoms with Crippen molar-refractivity contribution in [2.45, 2.75) is 75.5 Å². The first kappa shape index (κ1) is 20.0. The summed E-state index contributed by atoms with van der Waals surface area (Å²) in [5, 5.41) is 2.96. The van der Waals surface area contributed by atoms with Gasteiger partial charge in [0.25, 0.3) is 0 Å². The molecule has 1 N–H and O–H groups in total. The quantitative estimate of drug-likeness (QED) is 0.801. The highest BCUT2D eigenvalue weighted by Gasteiger charge is 2.40. The summed E-state index contributed by atoms with van der Waals surface area (Å²) in [5.74, 6) is -1.49. The van der Waals surface area contributed by atoms with Gasteiger partial charge in [-0.3, -0.25) is 0 Å². The number of nitrogens with one attached hydrogen (secondary N) is 1. The number of hydrogen-bond donors (Lipinski definition) is 1. The van der Waals surface area contributed by atoms with Gasteiger partial charge in [-0.2, -0.15) is 0 Å². The van der Waals surface area contributed by atoms with Crippen molar-refractivity contribution in [2.75, 3.05) is 31.6 Å². The number of aromatic nitrogens is 1. The van der Waals surface area contributed by atoms with Crippen LogP contribution in [0.4, 0.5) is 19.4 Å². The van der Waals surface area contributed by atoms with Crippen molar-refractivity contribution in [1.82, 2.24) is 20.1 Å². The molecule has 1 saturated carbocycles. The van der Waals surface area contributed by atoms with E-state index in [0.717, 1.165) is 36.6 Å². The van der Waals surface area contributed by atoms with Crippen LogP contribution in [-0.2, 0) is 13.0 Å². The summed E-state index contributed by atoms with van der Waals surface area (Å²) in [4.78, 5) is 24.4. The lowest BCUT2D eigenvalue weighted by molar-refractivity contribution is -0.0398. The van der Waals surface area contributed by atoms with Crippen LogP contribution in [0.3, 0.4) is 0 Å². The first-order valence-corrected chi connectivity index (χ1v) is 11.3. The Morgan fingerprint density at radius 1 is 1.13 bits per heavy atom. The van der Waals surface area contributed by atoms with E-state index in [9.17, 15) is 13.6 Å². The van der Waals surface area contributed by atoms with Crippen LogP contribution in [0.5, 0.6) is 0 Å². The Kier molecular flexibility index (Phi) is 5.08. The number of piperazine rings is 1. The normalized spacial score (nSPS) is 29.0. The van der Waals surface area contributed by atoms with Crippen LogP contribution in [-0.4, -0.2) is 71.5 Å². The molecule has 2 bridgehead atoms. The largest absolute Gasteiger partial charge is 0.348 e. The van der Waals surface area contributed by atoms with Crippen LogP contribution in [0.1, 0.15) is 49.8 Å². The summed E-state index contributed by atoms with van der Waals surface area (Å²) < 4.78 is 26.7. The number of amides is 2. The lowest BCUT2D eigenvalue weighted by Gasteiger charge is -2.41. The lowest BCUT2D eigenvalue weighted by atomic mass is 9.92. The molecule has 0 radical (unpaired) electrons. The van der Waals surface area contributed by atoms with Gasteiger partial charge in [-0.25, -0.2) is 18.6 Å². The molecule has 2 unspecified atom stereocenters. The smallest absolute Gasteiger partial charge is 0.317 e. The van der Waals surface area contributed by atoms with Crippen LogP contribution in [0, 0.1) is 0 Å². The maximum atomic E-state index is 13.3. The van der Waals surface area contributed by atoms with Gasteiger partial charge in [0.15, 0.2) is 0 Å². The molecule has 1 aliphatic carbocycles. The number of carbonyl (C=O) groups is 1. The summed E-state index contributed by atoms with van der Waals surface area (Å²) in [6, 6.07) is 5.04. The number of likely N-dealkylation sites (tertiary alicyclic amines) is 1. The summed E-state index contributed by atoms with van der Waals surface area (Å²) >= 11 is 0. The summed E-state index contributed by atoms with van der Waals surface area (Å²) in [6.07, 6.45) is 3.62. The van der Waals surface area contributed by atoms with E-state index in [1.165, 1.54) is 12.8 Å². The molecule has 3 aliphatic heterocycles. The molecule has 0 spiro atoms. The zero-order chi connectivity index (χ0) is 20.9. The van der Waals surface area contributed by atoms with Crippen LogP contribution in [0.2, 0.25) is 0 Å². The molecular weight excluding hydrogens is 388 g/mol. The van der Waals surface area contributed by atoms with Crippen molar-refractivity contribution >= 4 is 11.8 Å². The van der Waals surface area contributed by atoms with Gasteiger partial charge in [-0.1, -0.05) is 6.07 Å². The molecule has 2 amide bonds. The van der Waals surface area contributed by atoms with Crippen molar-refractivity contribution in [3.8, 4) is 0 Å². The number of fused-ring (bicyclic) bond motifs is 3. The number of likely N-dealkylation sites (N-methyl/N-ethyl adjacent to an activating group) is 1. The van der Waals surface area contributed by atoms with Crippen LogP contribution < -0.4 is 10.2 Å². The third-order valence-corrected chi connectivity index (χ3v) is 7.29. The minimum absolute atomic E-state index is 0.137. The second-order valence-electron chi connectivity index (χ2n) is 9.54. The van der Waals surface area contributed by atoms with Crippen molar-refractivity contribution in [1.29, 1.82) is 0 Å². The molecular formula is C22H31F2N5O. The predicted octanol–water partition coefficient (Wildman–Crippen LogP) is 3.01. The molecule has 3 fully saturated rings. The maximum absolute atomic E-state index is 13.3. The van der Waals surface area contributed by atoms with Crippen molar-refractivity contribution in [3.63, 3.8) is 0 Å². The van der Waals surface area contributed by atoms with Gasteiger partial charge in [-0.05, 0) is 44.4 Å². The number of carbonyl (C=O) groups excluding carboxylic acids is 1. The Labute approximate surface area is 176 Å². The van der Waals surface area contributed by atoms with Gasteiger partial charge in [0.1, 0.15) is 5.82 Å². The molecule has 4 aliphatic rings. The van der Waals surface area contributed by atoms with E-state index in [1.807, 2.05) is 0 Å². The van der Waals surface area contributed by atoms with E-state index in [0.29, 0.717) is 38.0 Å². The average molecular weight is 420 g/mol. The van der Waals surface area contributed by atoms with Gasteiger partial charge < -0.3 is 20.0 Å². The fraction of sp³-hybridized carbons (Fsp3) is 0.727. The average Bonchev–Trinajstić information content (AvgIpc) is 2.99. The Morgan fingerprint density at radius 2 is 1.83 bits per heavy atom. The number of hydrogen-bond acceptors (Lipinski definition) is 4. The number of rotatable bonds is 2. The van der Waals surface area contributed by atoms with E-state index in [-0.39, 0.29) is 24.9 Å². The Morgan fingerprint density at radius 3 is 2.53 bits per heavy atom. The lowest BCUT2D eigenvalue weighted by Crippen LogP contribution is -2.53. The Hall–Kier alpha value is -1.96. The molecule has 1 aromatic heterocycles. The molecule has 164 valence electrons. The second-order valence-corrected chi connectivity index (χ2v) is 9.54. The molecule has 2 atom stereocenters. The fourth-order valence-corrected chi connectivity index (χ4v) is 5.66. The SMILES string of the molecule is CN1CC2CCC(C1)N2c1ccc2c(n1)CCN(C(=O)NC1CCC(F)(F)CC1)C2. The highest BCUT2D eigenvalue weighted by atomic mass is 19.3. The highest BCUT2D eigenvalue weighted by Crippen LogP contribution is 2.35. The fourth-order valence-electron chi connectivity index (χ4n) is 5.66. The molecule has 1 aromatic rings. The Balaban J connectivity index is 1.22. The standard InChI is InChI=1S/C22H31F2N5O/c1-27-13-17-3-4-18(14-27)29(17)20-5-2-15-12-28(11-8-19(15)26-20)21(30)25-16-6-9-22(23,24)10-7-16/h2,5,16-18H,3-4,6-14H2,1H3,(H,25,30). The topological polar surface area (TPSA) is 51.7 Å². The number of pyridine rings is 1. The van der Waals surface area contributed by atoms with Gasteiger partial charge in [0.2, 0.25) is 5.92 Å². The molecule has 8 heteroatoms. The highest BCUT2D eigenvalue weighted by molar-refractivity contribution is 5.75. The van der Waals surface area contributed by atoms with E-state index in [4.69, 9.17) is 4.98 Å². The third-order valence-electron chi connectivity index (χ3n) is 7.29. The predicted molar refractivity (Wildman–Crippen MR) is 111 cm³/mol. The molecule has 2 saturated heterocycles. The summed E-state index contributed by atoms with van der Waals surface area (Å²) in [6.45, 7) is 3.34. The van der Waals surface area contributed by atoms with Crippen LogP contribution >= 0.6 is 0 Å². The van der Waals surface area contributed by atoms with Gasteiger partial charge >= 0.3 is 6.03 Å². The third kappa shape index (κ3) is 3.86. The van der Waals surface area contributed by atoms with Crippen LogP contribution in [0.25, 0.3) is 0 Å². The number of urea groups is 1. The number of anilines is 1. The molecule has 4 heterocycles. The molecule has 6 nitrogen and oxygen atoms in total. The first-order valence-electron chi connectivity index (χ1n) is 11.3. The zero-order valence-corrected chi connectivity index (χ0v) is 17.6. The zero-order valence-electron chi connectivity index (χ0n) is 17.6. The number of nitrogens with zero attached hydrogens (tertiary/aromatic N) is 4. The molecule has 30 heavy (non-hydrogen) atoms. The maximum Gasteiger partial charge on any atom is 0.317 e. The summed E-state index contributed by atoms with van der Waals surface area (Å²) in [7, 11) is 2.20. The minimum Gasteiger partial charge on any atom is -0.348 e. The van der Waals surface area contributed by atoms with E-state index in [1.54, 1.807) is 4.90 Å². The van der Waals surface area contributed by atoms with Crippen molar-refractivity contribution in [2.24, 2.45) is 0 Å². The first-order chi connectivity index (χ1) is 14.4. The second kappa shape index (κ2) is 7.62. The van der Waals surface area contributed by atoms with E-state index >= 15 is 0 Å². The van der Waals surface area contributed by atoms with Crippen LogP contribution in [0.15, 0.2) is 12.1 Å². The van der Waals surface area contributed by atoms with Gasteiger partial charge in [-0.15, -0.1) is 0 Å². The number of alkyl halides is 2. The minimum atomic E-state index is -2.57. The van der Waals surface area contributed by atoms with Gasteiger partial charge in [0, 0.05) is 69.3 Å².